The molecule has 0 amide bonds. The van der Waals surface area contributed by atoms with Crippen LogP contribution < -0.4 is 4.90 Å². The lowest BCUT2D eigenvalue weighted by Crippen LogP contribution is -2.39. The Morgan fingerprint density at radius 3 is 2.47 bits per heavy atom. The smallest absolute Gasteiger partial charge is 0.475 e. The van der Waals surface area contributed by atoms with Gasteiger partial charge in [-0.3, -0.25) is 0 Å². The van der Waals surface area contributed by atoms with Crippen molar-refractivity contribution in [2.75, 3.05) is 50.8 Å². The van der Waals surface area contributed by atoms with E-state index in [2.05, 4.69) is 14.8 Å². The Morgan fingerprint density at radius 2 is 1.88 bits per heavy atom. The standard InChI is InChI=1S/C17H24N4O3S.C2HF3O2/c22-25(23)11-13-7-18-17(21-3-5-24-6-4-21)19-16(13)14-9-20(10-15(14)25)8-12-1-2-12;3-2(4,5)1(6)7/h7,12,14-15H,1-6,8-11H2;(H,6,7)/t14-,15+;/m0./s1. The van der Waals surface area contributed by atoms with Crippen LogP contribution in [0.25, 0.3) is 0 Å². The van der Waals surface area contributed by atoms with Crippen molar-refractivity contribution in [2.24, 2.45) is 5.92 Å². The summed E-state index contributed by atoms with van der Waals surface area (Å²) in [5.74, 6) is -1.18. The minimum absolute atomic E-state index is 0.00436. The Kier molecular flexibility index (Phi) is 6.34. The number of alkyl halides is 3. The predicted molar refractivity (Wildman–Crippen MR) is 107 cm³/mol. The number of carbonyl (C=O) groups is 1. The second-order valence-electron chi connectivity index (χ2n) is 8.60. The van der Waals surface area contributed by atoms with Crippen LogP contribution >= 0.6 is 0 Å². The molecule has 0 radical (unpaired) electrons. The largest absolute Gasteiger partial charge is 0.490 e. The highest BCUT2D eigenvalue weighted by molar-refractivity contribution is 7.91. The van der Waals surface area contributed by atoms with Crippen LogP contribution in [0.4, 0.5) is 19.1 Å². The molecule has 2 saturated heterocycles. The highest BCUT2D eigenvalue weighted by atomic mass is 32.2. The van der Waals surface area contributed by atoms with Crippen LogP contribution in [0.5, 0.6) is 0 Å². The molecule has 1 saturated carbocycles. The fourth-order valence-electron chi connectivity index (χ4n) is 4.37. The number of rotatable bonds is 3. The summed E-state index contributed by atoms with van der Waals surface area (Å²) in [6.07, 6.45) is -0.762. The fourth-order valence-corrected chi connectivity index (χ4v) is 6.40. The van der Waals surface area contributed by atoms with Crippen molar-refractivity contribution in [3.05, 3.63) is 17.5 Å². The topological polar surface area (TPSA) is 113 Å². The first-order valence-corrected chi connectivity index (χ1v) is 12.2. The minimum Gasteiger partial charge on any atom is -0.475 e. The molecule has 3 aliphatic heterocycles. The number of aliphatic carboxylic acids is 1. The van der Waals surface area contributed by atoms with Crippen molar-refractivity contribution in [1.82, 2.24) is 14.9 Å². The molecule has 0 unspecified atom stereocenters. The molecule has 3 fully saturated rings. The van der Waals surface area contributed by atoms with Crippen molar-refractivity contribution >= 4 is 21.8 Å². The van der Waals surface area contributed by atoms with Crippen LogP contribution in [0, 0.1) is 5.92 Å². The number of aromatic nitrogens is 2. The minimum atomic E-state index is -5.08. The Morgan fingerprint density at radius 1 is 1.22 bits per heavy atom. The predicted octanol–water partition coefficient (Wildman–Crippen LogP) is 1.05. The highest BCUT2D eigenvalue weighted by Gasteiger charge is 2.48. The van der Waals surface area contributed by atoms with E-state index in [4.69, 9.17) is 19.6 Å². The lowest BCUT2D eigenvalue weighted by Gasteiger charge is -2.30. The lowest BCUT2D eigenvalue weighted by molar-refractivity contribution is -0.192. The van der Waals surface area contributed by atoms with E-state index in [1.807, 2.05) is 0 Å². The first kappa shape index (κ1) is 23.2. The van der Waals surface area contributed by atoms with Crippen LogP contribution in [0.3, 0.4) is 0 Å². The number of carboxylic acids is 1. The summed E-state index contributed by atoms with van der Waals surface area (Å²) < 4.78 is 62.6. The van der Waals surface area contributed by atoms with Crippen molar-refractivity contribution in [3.63, 3.8) is 0 Å². The third-order valence-corrected chi connectivity index (χ3v) is 8.26. The highest BCUT2D eigenvalue weighted by Crippen LogP contribution is 2.41. The van der Waals surface area contributed by atoms with Gasteiger partial charge in [0.1, 0.15) is 0 Å². The molecule has 1 aromatic rings. The summed E-state index contributed by atoms with van der Waals surface area (Å²) in [5, 5.41) is 6.83. The first-order chi connectivity index (χ1) is 15.0. The van der Waals surface area contributed by atoms with E-state index in [0.717, 1.165) is 49.3 Å². The molecule has 178 valence electrons. The monoisotopic (exact) mass is 478 g/mol. The molecule has 1 aromatic heterocycles. The number of likely N-dealkylation sites (tertiary alicyclic amines) is 1. The van der Waals surface area contributed by atoms with Gasteiger partial charge in [0.2, 0.25) is 5.95 Å². The van der Waals surface area contributed by atoms with Crippen LogP contribution in [-0.2, 0) is 25.1 Å². The Hall–Kier alpha value is -1.99. The summed E-state index contributed by atoms with van der Waals surface area (Å²) in [4.78, 5) is 22.7. The molecule has 32 heavy (non-hydrogen) atoms. The molecule has 0 bridgehead atoms. The maximum absolute atomic E-state index is 12.8. The number of anilines is 1. The van der Waals surface area contributed by atoms with Gasteiger partial charge < -0.3 is 19.6 Å². The molecule has 5 rings (SSSR count). The van der Waals surface area contributed by atoms with Crippen molar-refractivity contribution in [3.8, 4) is 0 Å². The second kappa shape index (κ2) is 8.75. The number of fused-ring (bicyclic) bond motifs is 3. The van der Waals surface area contributed by atoms with E-state index in [-0.39, 0.29) is 16.9 Å². The van der Waals surface area contributed by atoms with Crippen LogP contribution in [0.2, 0.25) is 0 Å². The lowest BCUT2D eigenvalue weighted by atomic mass is 10.00. The van der Waals surface area contributed by atoms with Gasteiger partial charge in [-0.25, -0.2) is 23.2 Å². The number of nitrogens with zero attached hydrogens (tertiary/aromatic N) is 4. The average molecular weight is 478 g/mol. The van der Waals surface area contributed by atoms with Gasteiger partial charge in [-0.05, 0) is 18.8 Å². The van der Waals surface area contributed by atoms with Gasteiger partial charge in [0.05, 0.1) is 29.9 Å². The van der Waals surface area contributed by atoms with Crippen LogP contribution in [0.1, 0.15) is 30.0 Å². The number of sulfone groups is 1. The number of ether oxygens (including phenoxy) is 1. The summed E-state index contributed by atoms with van der Waals surface area (Å²) >= 11 is 0. The van der Waals surface area contributed by atoms with Gasteiger partial charge >= 0.3 is 12.1 Å². The second-order valence-corrected chi connectivity index (χ2v) is 10.8. The molecular weight excluding hydrogens is 453 g/mol. The normalized spacial score (nSPS) is 27.2. The first-order valence-electron chi connectivity index (χ1n) is 10.5. The van der Waals surface area contributed by atoms with Crippen molar-refractivity contribution < 1.29 is 36.2 Å². The van der Waals surface area contributed by atoms with E-state index >= 15 is 0 Å². The Labute approximate surface area is 183 Å². The quantitative estimate of drug-likeness (QED) is 0.681. The van der Waals surface area contributed by atoms with Gasteiger partial charge in [-0.2, -0.15) is 13.2 Å². The summed E-state index contributed by atoms with van der Waals surface area (Å²) in [5.41, 5.74) is 1.76. The van der Waals surface area contributed by atoms with Gasteiger partial charge in [-0.1, -0.05) is 0 Å². The van der Waals surface area contributed by atoms with E-state index in [0.29, 0.717) is 19.8 Å². The van der Waals surface area contributed by atoms with Gasteiger partial charge in [0, 0.05) is 50.4 Å². The third-order valence-electron chi connectivity index (χ3n) is 6.15. The Balaban J connectivity index is 0.000000307. The van der Waals surface area contributed by atoms with Crippen molar-refractivity contribution in [1.29, 1.82) is 0 Å². The molecule has 13 heteroatoms. The zero-order chi connectivity index (χ0) is 23.1. The van der Waals surface area contributed by atoms with E-state index < -0.39 is 22.0 Å². The SMILES string of the molecule is O=C(O)C(F)(F)F.O=S1(=O)Cc2cnc(N3CCOCC3)nc2[C@H]2CN(CC3CC3)C[C@H]21. The average Bonchev–Trinajstić information content (AvgIpc) is 3.43. The molecule has 4 aliphatic rings. The number of morpholine rings is 1. The molecule has 1 aliphatic carbocycles. The number of hydrogen-bond acceptors (Lipinski definition) is 8. The van der Waals surface area contributed by atoms with Crippen LogP contribution in [-0.4, -0.2) is 91.7 Å². The van der Waals surface area contributed by atoms with E-state index in [1.165, 1.54) is 12.8 Å². The molecule has 2 atom stereocenters. The molecule has 0 spiro atoms. The molecule has 4 heterocycles. The molecular formula is C19H25F3N4O5S. The number of halogens is 3. The summed E-state index contributed by atoms with van der Waals surface area (Å²) in [6, 6.07) is 0. The zero-order valence-corrected chi connectivity index (χ0v) is 18.1. The summed E-state index contributed by atoms with van der Waals surface area (Å²) in [6.45, 7) is 5.48. The maximum Gasteiger partial charge on any atom is 0.490 e. The van der Waals surface area contributed by atoms with E-state index in [1.54, 1.807) is 6.20 Å². The van der Waals surface area contributed by atoms with Gasteiger partial charge in [0.15, 0.2) is 9.84 Å². The maximum atomic E-state index is 12.8. The zero-order valence-electron chi connectivity index (χ0n) is 17.3. The van der Waals surface area contributed by atoms with Crippen LogP contribution in [0.15, 0.2) is 6.20 Å². The van der Waals surface area contributed by atoms with Gasteiger partial charge in [0.25, 0.3) is 0 Å². The summed E-state index contributed by atoms with van der Waals surface area (Å²) in [7, 11) is -3.11. The number of hydrogen-bond donors (Lipinski definition) is 1. The third kappa shape index (κ3) is 5.15. The van der Waals surface area contributed by atoms with Crippen molar-refractivity contribution in [2.45, 2.75) is 35.9 Å². The Bertz CT molecular complexity index is 964. The molecule has 0 aromatic carbocycles. The molecule has 1 N–H and O–H groups in total. The fraction of sp³-hybridized carbons (Fsp3) is 0.737. The van der Waals surface area contributed by atoms with E-state index in [9.17, 15) is 21.6 Å². The number of carboxylic acid groups (broad SMARTS) is 1. The molecule has 9 nitrogen and oxygen atoms in total. The van der Waals surface area contributed by atoms with Gasteiger partial charge in [-0.15, -0.1) is 0 Å².